The molecule has 0 spiro atoms. The van der Waals surface area contributed by atoms with E-state index in [1.54, 1.807) is 0 Å². The van der Waals surface area contributed by atoms with E-state index < -0.39 is 0 Å². The monoisotopic (exact) mass is 295 g/mol. The molecule has 0 radical (unpaired) electrons. The van der Waals surface area contributed by atoms with Crippen LogP contribution in [0, 0.1) is 5.92 Å². The molecule has 1 amide bonds. The number of thioether (sulfide) groups is 1. The Bertz CT molecular complexity index is 525. The zero-order chi connectivity index (χ0) is 14.5. The van der Waals surface area contributed by atoms with Crippen LogP contribution in [-0.2, 0) is 11.2 Å². The maximum atomic E-state index is 11.8. The van der Waals surface area contributed by atoms with Crippen molar-refractivity contribution in [2.75, 3.05) is 5.75 Å². The largest absolute Gasteiger partial charge is 0.353 e. The Hall–Kier alpha value is -1.30. The van der Waals surface area contributed by atoms with Gasteiger partial charge in [-0.1, -0.05) is 25.1 Å². The van der Waals surface area contributed by atoms with E-state index in [0.717, 1.165) is 18.5 Å². The first-order valence-electron chi connectivity index (χ1n) is 7.11. The molecule has 0 bridgehead atoms. The van der Waals surface area contributed by atoms with Crippen molar-refractivity contribution < 1.29 is 4.79 Å². The van der Waals surface area contributed by atoms with Crippen LogP contribution >= 0.6 is 11.8 Å². The summed E-state index contributed by atoms with van der Waals surface area (Å²) in [7, 11) is 0. The second kappa shape index (κ2) is 6.92. The van der Waals surface area contributed by atoms with E-state index in [-0.39, 0.29) is 23.3 Å². The molecule has 2 N–H and O–H groups in total. The third-order valence-electron chi connectivity index (χ3n) is 3.34. The van der Waals surface area contributed by atoms with Gasteiger partial charge in [0.1, 0.15) is 0 Å². The summed E-state index contributed by atoms with van der Waals surface area (Å²) in [5.41, 5.74) is 0.628. The van der Waals surface area contributed by atoms with E-state index in [2.05, 4.69) is 15.3 Å². The molecule has 1 saturated carbocycles. The van der Waals surface area contributed by atoms with Gasteiger partial charge in [0.2, 0.25) is 5.91 Å². The van der Waals surface area contributed by atoms with E-state index in [0.29, 0.717) is 11.1 Å². The fourth-order valence-corrected chi connectivity index (χ4v) is 2.79. The second-order valence-corrected chi connectivity index (χ2v) is 6.24. The van der Waals surface area contributed by atoms with E-state index in [4.69, 9.17) is 0 Å². The van der Waals surface area contributed by atoms with Crippen molar-refractivity contribution >= 4 is 17.7 Å². The van der Waals surface area contributed by atoms with Crippen molar-refractivity contribution in [2.45, 2.75) is 50.7 Å². The van der Waals surface area contributed by atoms with Crippen molar-refractivity contribution in [3.05, 3.63) is 22.1 Å². The number of aromatic amines is 1. The molecule has 1 aliphatic carbocycles. The first-order valence-corrected chi connectivity index (χ1v) is 8.09. The van der Waals surface area contributed by atoms with Crippen LogP contribution in [-0.4, -0.2) is 27.7 Å². The van der Waals surface area contributed by atoms with Crippen molar-refractivity contribution in [2.24, 2.45) is 5.92 Å². The highest BCUT2D eigenvalue weighted by Gasteiger charge is 2.28. The highest BCUT2D eigenvalue weighted by molar-refractivity contribution is 7.99. The van der Waals surface area contributed by atoms with Gasteiger partial charge in [-0.3, -0.25) is 9.59 Å². The van der Waals surface area contributed by atoms with Gasteiger partial charge in [-0.15, -0.1) is 0 Å². The number of aryl methyl sites for hydroxylation is 1. The van der Waals surface area contributed by atoms with Gasteiger partial charge in [0, 0.05) is 17.8 Å². The summed E-state index contributed by atoms with van der Waals surface area (Å²) in [6.07, 6.45) is 4.15. The summed E-state index contributed by atoms with van der Waals surface area (Å²) in [5.74, 6) is 0.933. The Morgan fingerprint density at radius 3 is 3.00 bits per heavy atom. The molecule has 110 valence electrons. The van der Waals surface area contributed by atoms with Gasteiger partial charge in [0.05, 0.1) is 5.75 Å². The van der Waals surface area contributed by atoms with Crippen molar-refractivity contribution in [3.63, 3.8) is 0 Å². The van der Waals surface area contributed by atoms with Gasteiger partial charge in [0.25, 0.3) is 5.56 Å². The molecule has 5 nitrogen and oxygen atoms in total. The molecule has 20 heavy (non-hydrogen) atoms. The molecule has 1 fully saturated rings. The predicted molar refractivity (Wildman–Crippen MR) is 79.9 cm³/mol. The highest BCUT2D eigenvalue weighted by atomic mass is 32.2. The molecule has 0 aromatic carbocycles. The molecular weight excluding hydrogens is 274 g/mol. The minimum atomic E-state index is -0.155. The van der Waals surface area contributed by atoms with E-state index >= 15 is 0 Å². The maximum Gasteiger partial charge on any atom is 0.251 e. The molecule has 2 rings (SSSR count). The molecule has 0 aliphatic heterocycles. The third kappa shape index (κ3) is 4.67. The van der Waals surface area contributed by atoms with Gasteiger partial charge in [-0.25, -0.2) is 4.98 Å². The van der Waals surface area contributed by atoms with E-state index in [1.807, 2.05) is 13.8 Å². The van der Waals surface area contributed by atoms with Crippen molar-refractivity contribution in [1.82, 2.24) is 15.3 Å². The number of carbonyl (C=O) groups excluding carboxylic acids is 1. The average molecular weight is 295 g/mol. The number of aromatic nitrogens is 2. The van der Waals surface area contributed by atoms with Crippen molar-refractivity contribution in [3.8, 4) is 0 Å². The van der Waals surface area contributed by atoms with Gasteiger partial charge in [-0.2, -0.15) is 0 Å². The minimum Gasteiger partial charge on any atom is -0.353 e. The summed E-state index contributed by atoms with van der Waals surface area (Å²) in [6.45, 7) is 4.09. The summed E-state index contributed by atoms with van der Waals surface area (Å²) in [6, 6.07) is 1.77. The van der Waals surface area contributed by atoms with Gasteiger partial charge in [-0.05, 0) is 32.1 Å². The minimum absolute atomic E-state index is 0.00190. The number of carbonyl (C=O) groups is 1. The molecule has 1 aliphatic rings. The van der Waals surface area contributed by atoms with Crippen LogP contribution in [0.25, 0.3) is 0 Å². The van der Waals surface area contributed by atoms with Crippen LogP contribution in [0.3, 0.4) is 0 Å². The molecule has 0 unspecified atom stereocenters. The SMILES string of the molecule is CCCc1cc(=O)[nH]c(SCC(=O)N[C@@H](C)C2CC2)n1. The van der Waals surface area contributed by atoms with E-state index in [1.165, 1.54) is 30.7 Å². The number of rotatable bonds is 7. The van der Waals surface area contributed by atoms with Crippen LogP contribution < -0.4 is 10.9 Å². The number of amides is 1. The fraction of sp³-hybridized carbons (Fsp3) is 0.643. The lowest BCUT2D eigenvalue weighted by molar-refractivity contribution is -0.119. The lowest BCUT2D eigenvalue weighted by atomic mass is 10.2. The Morgan fingerprint density at radius 2 is 2.35 bits per heavy atom. The van der Waals surface area contributed by atoms with Crippen molar-refractivity contribution in [1.29, 1.82) is 0 Å². The first kappa shape index (κ1) is 15.1. The van der Waals surface area contributed by atoms with Crippen LogP contribution in [0.15, 0.2) is 16.0 Å². The summed E-state index contributed by atoms with van der Waals surface area (Å²) >= 11 is 1.28. The standard InChI is InChI=1S/C14H21N3O2S/c1-3-4-11-7-12(18)17-14(16-11)20-8-13(19)15-9(2)10-5-6-10/h7,9-10H,3-6,8H2,1-2H3,(H,15,19)(H,16,17,18)/t9-/m0/s1. The predicted octanol–water partition coefficient (Wildman–Crippen LogP) is 1.73. The van der Waals surface area contributed by atoms with Crippen LogP contribution in [0.2, 0.25) is 0 Å². The highest BCUT2D eigenvalue weighted by Crippen LogP contribution is 2.32. The fourth-order valence-electron chi connectivity index (χ4n) is 2.08. The lowest BCUT2D eigenvalue weighted by Crippen LogP contribution is -2.35. The van der Waals surface area contributed by atoms with Gasteiger partial charge < -0.3 is 10.3 Å². The molecule has 1 aromatic heterocycles. The quantitative estimate of drug-likeness (QED) is 0.593. The van der Waals surface area contributed by atoms with Gasteiger partial charge >= 0.3 is 0 Å². The number of nitrogens with zero attached hydrogens (tertiary/aromatic N) is 1. The Balaban J connectivity index is 1.86. The number of nitrogens with one attached hydrogen (secondary N) is 2. The average Bonchev–Trinajstić information content (AvgIpc) is 3.20. The smallest absolute Gasteiger partial charge is 0.251 e. The summed E-state index contributed by atoms with van der Waals surface area (Å²) < 4.78 is 0. The normalized spacial score (nSPS) is 15.9. The number of hydrogen-bond acceptors (Lipinski definition) is 4. The summed E-state index contributed by atoms with van der Waals surface area (Å²) in [4.78, 5) is 30.3. The zero-order valence-corrected chi connectivity index (χ0v) is 12.8. The van der Waals surface area contributed by atoms with Crippen LogP contribution in [0.1, 0.15) is 38.8 Å². The number of H-pyrrole nitrogens is 1. The summed E-state index contributed by atoms with van der Waals surface area (Å²) in [5, 5.41) is 3.51. The first-order chi connectivity index (χ1) is 9.58. The number of hydrogen-bond donors (Lipinski definition) is 2. The molecule has 1 atom stereocenters. The molecule has 1 heterocycles. The third-order valence-corrected chi connectivity index (χ3v) is 4.21. The Kier molecular flexibility index (Phi) is 5.23. The lowest BCUT2D eigenvalue weighted by Gasteiger charge is -2.12. The van der Waals surface area contributed by atoms with Crippen LogP contribution in [0.4, 0.5) is 0 Å². The molecule has 6 heteroatoms. The molecular formula is C14H21N3O2S. The zero-order valence-electron chi connectivity index (χ0n) is 11.9. The molecule has 1 aromatic rings. The maximum absolute atomic E-state index is 11.8. The topological polar surface area (TPSA) is 74.8 Å². The Morgan fingerprint density at radius 1 is 1.60 bits per heavy atom. The Labute approximate surface area is 123 Å². The molecule has 0 saturated heterocycles. The van der Waals surface area contributed by atoms with Gasteiger partial charge in [0.15, 0.2) is 5.16 Å². The van der Waals surface area contributed by atoms with Crippen LogP contribution in [0.5, 0.6) is 0 Å². The second-order valence-electron chi connectivity index (χ2n) is 5.27. The van der Waals surface area contributed by atoms with E-state index in [9.17, 15) is 9.59 Å².